The maximum Gasteiger partial charge on any atom is 0.262 e. The number of nitrogens with zero attached hydrogens (tertiary/aromatic N) is 2. The maximum atomic E-state index is 12.7. The van der Waals surface area contributed by atoms with Crippen LogP contribution in [-0.2, 0) is 16.0 Å². The highest BCUT2D eigenvalue weighted by Crippen LogP contribution is 2.32. The third-order valence-corrected chi connectivity index (χ3v) is 4.92. The van der Waals surface area contributed by atoms with Crippen LogP contribution in [0.5, 0.6) is 0 Å². The number of likely N-dealkylation sites (tertiary alicyclic amines) is 1. The Morgan fingerprint density at radius 3 is 1.88 bits per heavy atom. The third-order valence-electron chi connectivity index (χ3n) is 4.92. The fraction of sp³-hybridized carbons (Fsp3) is 0.500. The number of benzene rings is 1. The lowest BCUT2D eigenvalue weighted by Gasteiger charge is -2.34. The van der Waals surface area contributed by atoms with Crippen molar-refractivity contribution in [2.45, 2.75) is 65.0 Å². The van der Waals surface area contributed by atoms with Gasteiger partial charge in [-0.1, -0.05) is 6.07 Å². The van der Waals surface area contributed by atoms with Crippen LogP contribution >= 0.6 is 0 Å². The van der Waals surface area contributed by atoms with E-state index in [1.165, 1.54) is 9.80 Å². The fourth-order valence-electron chi connectivity index (χ4n) is 3.84. The predicted molar refractivity (Wildman–Crippen MR) is 95.6 cm³/mol. The lowest BCUT2D eigenvalue weighted by atomic mass is 9.91. The Morgan fingerprint density at radius 1 is 0.808 bits per heavy atom. The van der Waals surface area contributed by atoms with Crippen LogP contribution in [0.3, 0.4) is 0 Å². The molecule has 6 heteroatoms. The van der Waals surface area contributed by atoms with Gasteiger partial charge in [0, 0.05) is 23.9 Å². The van der Waals surface area contributed by atoms with E-state index in [-0.39, 0.29) is 36.5 Å². The Labute approximate surface area is 153 Å². The molecule has 0 atom stereocenters. The van der Waals surface area contributed by atoms with Crippen LogP contribution in [0.15, 0.2) is 18.2 Å². The Hall–Kier alpha value is -2.50. The van der Waals surface area contributed by atoms with Gasteiger partial charge in [0.05, 0.1) is 11.1 Å². The van der Waals surface area contributed by atoms with E-state index in [2.05, 4.69) is 0 Å². The summed E-state index contributed by atoms with van der Waals surface area (Å²) in [6, 6.07) is 5.18. The molecule has 0 aliphatic carbocycles. The van der Waals surface area contributed by atoms with E-state index < -0.39 is 11.1 Å². The third kappa shape index (κ3) is 2.83. The number of fused-ring (bicyclic) bond motifs is 1. The van der Waals surface area contributed by atoms with Crippen LogP contribution in [-0.4, -0.2) is 44.5 Å². The van der Waals surface area contributed by atoms with Gasteiger partial charge in [0.1, 0.15) is 0 Å². The molecule has 0 unspecified atom stereocenters. The minimum Gasteiger partial charge on any atom is -0.277 e. The largest absolute Gasteiger partial charge is 0.277 e. The van der Waals surface area contributed by atoms with E-state index in [1.54, 1.807) is 18.2 Å². The molecule has 138 valence electrons. The summed E-state index contributed by atoms with van der Waals surface area (Å²) in [5, 5.41) is 0. The molecular weight excluding hydrogens is 332 g/mol. The second kappa shape index (κ2) is 5.76. The highest BCUT2D eigenvalue weighted by molar-refractivity contribution is 6.21. The molecule has 0 radical (unpaired) electrons. The number of hydrogen-bond acceptors (Lipinski definition) is 4. The summed E-state index contributed by atoms with van der Waals surface area (Å²) in [5.41, 5.74) is 0.324. The van der Waals surface area contributed by atoms with Gasteiger partial charge in [0.25, 0.3) is 11.8 Å². The summed E-state index contributed by atoms with van der Waals surface area (Å²) >= 11 is 0. The summed E-state index contributed by atoms with van der Waals surface area (Å²) in [5.74, 6) is -0.906. The van der Waals surface area contributed by atoms with Gasteiger partial charge in [-0.3, -0.25) is 29.0 Å². The van der Waals surface area contributed by atoms with Gasteiger partial charge in [-0.2, -0.15) is 0 Å². The molecule has 4 amide bonds. The molecule has 0 N–H and O–H groups in total. The summed E-state index contributed by atoms with van der Waals surface area (Å²) in [4.78, 5) is 52.0. The van der Waals surface area contributed by atoms with Crippen LogP contribution in [0.1, 0.15) is 73.7 Å². The zero-order chi connectivity index (χ0) is 19.4. The zero-order valence-electron chi connectivity index (χ0n) is 15.9. The van der Waals surface area contributed by atoms with Crippen LogP contribution in [0.2, 0.25) is 0 Å². The van der Waals surface area contributed by atoms with Crippen molar-refractivity contribution in [2.75, 3.05) is 0 Å². The van der Waals surface area contributed by atoms with Crippen molar-refractivity contribution in [3.63, 3.8) is 0 Å². The number of rotatable bonds is 3. The van der Waals surface area contributed by atoms with Crippen LogP contribution in [0.25, 0.3) is 0 Å². The maximum absolute atomic E-state index is 12.7. The summed E-state index contributed by atoms with van der Waals surface area (Å²) < 4.78 is 0. The number of carbonyl (C=O) groups excluding carboxylic acids is 4. The molecule has 1 aromatic carbocycles. The summed E-state index contributed by atoms with van der Waals surface area (Å²) in [6.45, 7) is 9.15. The lowest BCUT2D eigenvalue weighted by Crippen LogP contribution is -2.48. The van der Waals surface area contributed by atoms with E-state index >= 15 is 0 Å². The van der Waals surface area contributed by atoms with Crippen molar-refractivity contribution in [1.29, 1.82) is 0 Å². The minimum atomic E-state index is -0.686. The molecule has 1 fully saturated rings. The molecule has 2 aliphatic rings. The smallest absolute Gasteiger partial charge is 0.262 e. The van der Waals surface area contributed by atoms with Gasteiger partial charge in [-0.25, -0.2) is 0 Å². The first-order valence-electron chi connectivity index (χ1n) is 8.81. The molecule has 2 heterocycles. The van der Waals surface area contributed by atoms with E-state index in [1.807, 2.05) is 34.6 Å². The fourth-order valence-corrected chi connectivity index (χ4v) is 3.84. The van der Waals surface area contributed by atoms with Crippen molar-refractivity contribution in [2.24, 2.45) is 0 Å². The molecule has 0 aromatic heterocycles. The first-order chi connectivity index (χ1) is 11.9. The molecule has 26 heavy (non-hydrogen) atoms. The SMILES string of the molecule is CC(C)(C)N1C(=O)c2ccc(CC(C)(C)N3C(=O)CCC3=O)cc2C1=O. The second-order valence-electron chi connectivity index (χ2n) is 8.61. The lowest BCUT2D eigenvalue weighted by molar-refractivity contribution is -0.144. The molecule has 3 rings (SSSR count). The van der Waals surface area contributed by atoms with Gasteiger partial charge < -0.3 is 0 Å². The number of imide groups is 2. The Balaban J connectivity index is 1.91. The molecule has 6 nitrogen and oxygen atoms in total. The highest BCUT2D eigenvalue weighted by Gasteiger charge is 2.43. The number of amides is 4. The molecule has 0 saturated carbocycles. The van der Waals surface area contributed by atoms with Crippen LogP contribution in [0, 0.1) is 0 Å². The van der Waals surface area contributed by atoms with Crippen molar-refractivity contribution in [1.82, 2.24) is 9.80 Å². The quantitative estimate of drug-likeness (QED) is 0.780. The Morgan fingerprint density at radius 2 is 1.35 bits per heavy atom. The Bertz CT molecular complexity index is 817. The van der Waals surface area contributed by atoms with Crippen LogP contribution < -0.4 is 0 Å². The van der Waals surface area contributed by atoms with Crippen molar-refractivity contribution in [3.05, 3.63) is 34.9 Å². The average molecular weight is 356 g/mol. The zero-order valence-corrected chi connectivity index (χ0v) is 15.9. The van der Waals surface area contributed by atoms with Crippen molar-refractivity contribution in [3.8, 4) is 0 Å². The number of carbonyl (C=O) groups is 4. The van der Waals surface area contributed by atoms with Gasteiger partial charge in [-0.05, 0) is 58.7 Å². The van der Waals surface area contributed by atoms with E-state index in [0.717, 1.165) is 5.56 Å². The van der Waals surface area contributed by atoms with Crippen molar-refractivity contribution < 1.29 is 19.2 Å². The second-order valence-corrected chi connectivity index (χ2v) is 8.61. The topological polar surface area (TPSA) is 74.8 Å². The molecule has 1 aromatic rings. The first kappa shape index (κ1) is 18.3. The van der Waals surface area contributed by atoms with Gasteiger partial charge >= 0.3 is 0 Å². The molecule has 0 bridgehead atoms. The van der Waals surface area contributed by atoms with Crippen LogP contribution in [0.4, 0.5) is 0 Å². The summed E-state index contributed by atoms with van der Waals surface area (Å²) in [6.07, 6.45) is 0.925. The standard InChI is InChI=1S/C20H24N2O4/c1-19(2,3)22-17(25)13-7-6-12(10-14(13)18(22)26)11-20(4,5)21-15(23)8-9-16(21)24/h6-7,10H,8-9,11H2,1-5H3. The van der Waals surface area contributed by atoms with E-state index in [4.69, 9.17) is 0 Å². The molecule has 2 aliphatic heterocycles. The molecule has 0 spiro atoms. The van der Waals surface area contributed by atoms with Crippen molar-refractivity contribution >= 4 is 23.6 Å². The Kier molecular flexibility index (Phi) is 4.05. The molecular formula is C20H24N2O4. The van der Waals surface area contributed by atoms with Gasteiger partial charge in [0.15, 0.2) is 0 Å². The first-order valence-corrected chi connectivity index (χ1v) is 8.81. The predicted octanol–water partition coefficient (Wildman–Crippen LogP) is 2.55. The van der Waals surface area contributed by atoms with E-state index in [9.17, 15) is 19.2 Å². The number of hydrogen-bond donors (Lipinski definition) is 0. The summed E-state index contributed by atoms with van der Waals surface area (Å²) in [7, 11) is 0. The van der Waals surface area contributed by atoms with Gasteiger partial charge in [0.2, 0.25) is 11.8 Å². The van der Waals surface area contributed by atoms with E-state index in [0.29, 0.717) is 17.5 Å². The monoisotopic (exact) mass is 356 g/mol. The highest BCUT2D eigenvalue weighted by atomic mass is 16.2. The minimum absolute atomic E-state index is 0.161. The van der Waals surface area contributed by atoms with Gasteiger partial charge in [-0.15, -0.1) is 0 Å². The normalized spacial score (nSPS) is 18.2. The average Bonchev–Trinajstić information content (AvgIpc) is 2.96. The molecule has 1 saturated heterocycles.